The molecule has 4 rings (SSSR count). The maximum atomic E-state index is 13.2. The number of hydrogen-bond donors (Lipinski definition) is 2. The number of amidine groups is 1. The predicted molar refractivity (Wildman–Crippen MR) is 123 cm³/mol. The van der Waals surface area contributed by atoms with Crippen molar-refractivity contribution >= 4 is 17.4 Å². The van der Waals surface area contributed by atoms with Gasteiger partial charge in [0.15, 0.2) is 0 Å². The summed E-state index contributed by atoms with van der Waals surface area (Å²) in [6.45, 7) is 2.47. The van der Waals surface area contributed by atoms with E-state index < -0.39 is 18.0 Å². The van der Waals surface area contributed by atoms with Crippen LogP contribution >= 0.6 is 0 Å². The molecule has 33 heavy (non-hydrogen) atoms. The van der Waals surface area contributed by atoms with Crippen LogP contribution in [0.4, 0.5) is 14.5 Å². The van der Waals surface area contributed by atoms with Crippen LogP contribution in [-0.4, -0.2) is 34.9 Å². The number of aliphatic hydroxyl groups excluding tert-OH is 1. The lowest BCUT2D eigenvalue weighted by Crippen LogP contribution is -2.33. The number of fused-ring (bicyclic) bond motifs is 1. The number of aliphatic hydroxyl groups is 1. The summed E-state index contributed by atoms with van der Waals surface area (Å²) in [6.07, 6.45) is -0.331. The highest BCUT2D eigenvalue weighted by Crippen LogP contribution is 2.34. The van der Waals surface area contributed by atoms with Gasteiger partial charge in [0, 0.05) is 25.6 Å². The normalized spacial score (nSPS) is 17.5. The van der Waals surface area contributed by atoms with Crippen LogP contribution in [0.5, 0.6) is 0 Å². The summed E-state index contributed by atoms with van der Waals surface area (Å²) in [6, 6.07) is 16.7. The van der Waals surface area contributed by atoms with Gasteiger partial charge in [0.05, 0.1) is 17.8 Å². The maximum absolute atomic E-state index is 13.2. The zero-order chi connectivity index (χ0) is 23.5. The molecule has 0 radical (unpaired) electrons. The molecule has 0 saturated carbocycles. The highest BCUT2D eigenvalue weighted by molar-refractivity contribution is 5.94. The van der Waals surface area contributed by atoms with Gasteiger partial charge in [0.2, 0.25) is 0 Å². The van der Waals surface area contributed by atoms with Crippen molar-refractivity contribution in [3.63, 3.8) is 0 Å². The Balaban J connectivity index is 1.50. The molecule has 0 unspecified atom stereocenters. The van der Waals surface area contributed by atoms with Gasteiger partial charge in [0.1, 0.15) is 17.5 Å². The molecule has 7 heteroatoms. The van der Waals surface area contributed by atoms with Gasteiger partial charge in [-0.1, -0.05) is 18.2 Å². The van der Waals surface area contributed by atoms with Crippen molar-refractivity contribution in [1.82, 2.24) is 10.2 Å². The van der Waals surface area contributed by atoms with Crippen molar-refractivity contribution in [2.75, 3.05) is 7.05 Å². The minimum absolute atomic E-state index is 0.270. The molecule has 0 aromatic heterocycles. The second-order valence-corrected chi connectivity index (χ2v) is 8.25. The van der Waals surface area contributed by atoms with Gasteiger partial charge < -0.3 is 15.3 Å². The lowest BCUT2D eigenvalue weighted by Gasteiger charge is -2.20. The number of hydrogen-bond acceptors (Lipinski definition) is 3. The van der Waals surface area contributed by atoms with E-state index in [4.69, 9.17) is 0 Å². The first-order valence-electron chi connectivity index (χ1n) is 10.7. The second kappa shape index (κ2) is 9.50. The molecule has 0 spiro atoms. The third-order valence-corrected chi connectivity index (χ3v) is 5.85. The molecule has 0 saturated heterocycles. The van der Waals surface area contributed by atoms with Gasteiger partial charge in [-0.2, -0.15) is 0 Å². The summed E-state index contributed by atoms with van der Waals surface area (Å²) >= 11 is 0. The van der Waals surface area contributed by atoms with E-state index in [0.29, 0.717) is 24.2 Å². The summed E-state index contributed by atoms with van der Waals surface area (Å²) in [5.41, 5.74) is 3.75. The third kappa shape index (κ3) is 5.26. The van der Waals surface area contributed by atoms with E-state index in [1.807, 2.05) is 37.1 Å². The Kier molecular flexibility index (Phi) is 6.51. The molecule has 0 fully saturated rings. The Hall–Kier alpha value is -3.58. The van der Waals surface area contributed by atoms with Crippen molar-refractivity contribution in [3.8, 4) is 0 Å². The summed E-state index contributed by atoms with van der Waals surface area (Å²) in [7, 11) is 1.91. The number of rotatable bonds is 5. The van der Waals surface area contributed by atoms with E-state index in [1.54, 1.807) is 12.1 Å². The smallest absolute Gasteiger partial charge is 0.251 e. The lowest BCUT2D eigenvalue weighted by atomic mass is 10.1. The van der Waals surface area contributed by atoms with Crippen LogP contribution < -0.4 is 5.32 Å². The van der Waals surface area contributed by atoms with Crippen molar-refractivity contribution in [2.24, 2.45) is 4.99 Å². The summed E-state index contributed by atoms with van der Waals surface area (Å²) in [5.74, 6) is -0.297. The Morgan fingerprint density at radius 1 is 1.06 bits per heavy atom. The minimum Gasteiger partial charge on any atom is -0.390 e. The molecule has 1 aliphatic rings. The average Bonchev–Trinajstić information content (AvgIpc) is 3.10. The molecule has 0 aliphatic heterocycles. The maximum Gasteiger partial charge on any atom is 0.251 e. The van der Waals surface area contributed by atoms with E-state index >= 15 is 0 Å². The van der Waals surface area contributed by atoms with Crippen LogP contribution in [0.3, 0.4) is 0 Å². The number of aliphatic imine (C=N–C) groups is 1. The van der Waals surface area contributed by atoms with Crippen LogP contribution in [0.1, 0.15) is 40.0 Å². The molecule has 0 heterocycles. The number of benzene rings is 3. The van der Waals surface area contributed by atoms with Crippen molar-refractivity contribution in [1.29, 1.82) is 0 Å². The van der Waals surface area contributed by atoms with Gasteiger partial charge >= 0.3 is 0 Å². The number of amides is 1. The molecular weight excluding hydrogens is 424 g/mol. The van der Waals surface area contributed by atoms with Crippen LogP contribution in [0.2, 0.25) is 0 Å². The Labute approximate surface area is 191 Å². The Morgan fingerprint density at radius 3 is 2.36 bits per heavy atom. The number of nitrogens with one attached hydrogen (secondary N) is 1. The van der Waals surface area contributed by atoms with Crippen LogP contribution in [-0.2, 0) is 13.0 Å². The number of nitrogens with zero attached hydrogens (tertiary/aromatic N) is 2. The number of halogens is 2. The van der Waals surface area contributed by atoms with E-state index in [2.05, 4.69) is 10.3 Å². The molecule has 5 nitrogen and oxygen atoms in total. The molecule has 1 amide bonds. The van der Waals surface area contributed by atoms with E-state index in [0.717, 1.165) is 22.5 Å². The largest absolute Gasteiger partial charge is 0.390 e. The van der Waals surface area contributed by atoms with Crippen molar-refractivity contribution in [3.05, 3.63) is 101 Å². The highest BCUT2D eigenvalue weighted by Gasteiger charge is 2.32. The van der Waals surface area contributed by atoms with Gasteiger partial charge in [0.25, 0.3) is 5.91 Å². The topological polar surface area (TPSA) is 64.9 Å². The Morgan fingerprint density at radius 2 is 1.70 bits per heavy atom. The van der Waals surface area contributed by atoms with Gasteiger partial charge in [-0.15, -0.1) is 0 Å². The summed E-state index contributed by atoms with van der Waals surface area (Å²) in [4.78, 5) is 19.3. The van der Waals surface area contributed by atoms with E-state index in [-0.39, 0.29) is 11.7 Å². The predicted octanol–water partition coefficient (Wildman–Crippen LogP) is 4.53. The number of carbonyl (C=O) groups is 1. The van der Waals surface area contributed by atoms with Gasteiger partial charge in [-0.05, 0) is 72.1 Å². The van der Waals surface area contributed by atoms with Crippen LogP contribution in [0.25, 0.3) is 0 Å². The fourth-order valence-electron chi connectivity index (χ4n) is 3.93. The first kappa shape index (κ1) is 22.6. The van der Waals surface area contributed by atoms with Gasteiger partial charge in [-0.25, -0.2) is 13.8 Å². The van der Waals surface area contributed by atoms with E-state index in [9.17, 15) is 18.7 Å². The first-order valence-corrected chi connectivity index (χ1v) is 10.7. The number of carbonyl (C=O) groups excluding carboxylic acids is 1. The van der Waals surface area contributed by atoms with E-state index in [1.165, 1.54) is 36.4 Å². The summed E-state index contributed by atoms with van der Waals surface area (Å²) in [5, 5.41) is 13.4. The average molecular weight is 450 g/mol. The van der Waals surface area contributed by atoms with Crippen LogP contribution in [0, 0.1) is 11.6 Å². The van der Waals surface area contributed by atoms with Gasteiger partial charge in [-0.3, -0.25) is 4.79 Å². The SMILES string of the molecule is CC(=Nc1ccc2c(c1)[C@@H](NC(=O)c1ccc(F)cc1)[C@H](O)C2)N(C)Cc1ccc(F)cc1. The molecule has 170 valence electrons. The molecule has 0 bridgehead atoms. The molecule has 3 aromatic rings. The fraction of sp³-hybridized carbons (Fsp3) is 0.231. The van der Waals surface area contributed by atoms with Crippen molar-refractivity contribution < 1.29 is 18.7 Å². The summed E-state index contributed by atoms with van der Waals surface area (Å²) < 4.78 is 26.3. The molecule has 3 aromatic carbocycles. The zero-order valence-corrected chi connectivity index (χ0v) is 18.4. The van der Waals surface area contributed by atoms with Crippen molar-refractivity contribution in [2.45, 2.75) is 32.0 Å². The minimum atomic E-state index is -0.758. The third-order valence-electron chi connectivity index (χ3n) is 5.85. The zero-order valence-electron chi connectivity index (χ0n) is 18.4. The Bertz CT molecular complexity index is 1180. The fourth-order valence-corrected chi connectivity index (χ4v) is 3.93. The molecular formula is C26H25F2N3O2. The molecule has 1 aliphatic carbocycles. The van der Waals surface area contributed by atoms with Crippen LogP contribution in [0.15, 0.2) is 71.7 Å². The monoisotopic (exact) mass is 449 g/mol. The quantitative estimate of drug-likeness (QED) is 0.444. The molecule has 2 N–H and O–H groups in total. The lowest BCUT2D eigenvalue weighted by molar-refractivity contribution is 0.0858. The standard InChI is InChI=1S/C26H25F2N3O2/c1-16(31(2)15-17-3-8-20(27)9-4-17)29-22-12-7-19-13-24(32)25(23(19)14-22)30-26(33)18-5-10-21(28)11-6-18/h3-12,14,24-25,32H,13,15H2,1-2H3,(H,30,33)/t24-,25-/m1/s1. The second-order valence-electron chi connectivity index (χ2n) is 8.25. The molecule has 2 atom stereocenters. The highest BCUT2D eigenvalue weighted by atomic mass is 19.1. The first-order chi connectivity index (χ1) is 15.8.